The van der Waals surface area contributed by atoms with Crippen molar-refractivity contribution in [2.24, 2.45) is 0 Å². The molecule has 9 heteroatoms. The molecule has 2 rings (SSSR count). The number of carboxylic acid groups (broad SMARTS) is 1. The molecule has 0 aromatic carbocycles. The van der Waals surface area contributed by atoms with Crippen molar-refractivity contribution in [1.82, 2.24) is 15.4 Å². The third kappa shape index (κ3) is 5.83. The van der Waals surface area contributed by atoms with E-state index in [1.54, 1.807) is 12.5 Å². The molecule has 1 aromatic rings. The van der Waals surface area contributed by atoms with Crippen LogP contribution in [-0.4, -0.2) is 40.3 Å². The second kappa shape index (κ2) is 7.63. The van der Waals surface area contributed by atoms with Gasteiger partial charge in [-0.05, 0) is 12.8 Å². The molecule has 112 valence electrons. The van der Waals surface area contributed by atoms with Crippen LogP contribution < -0.4 is 10.4 Å². The summed E-state index contributed by atoms with van der Waals surface area (Å²) in [6.45, 7) is 2.08. The molecule has 0 spiro atoms. The molecule has 1 aromatic heterocycles. The fourth-order valence-corrected chi connectivity index (χ4v) is 1.50. The summed E-state index contributed by atoms with van der Waals surface area (Å²) in [7, 11) is 0. The summed E-state index contributed by atoms with van der Waals surface area (Å²) in [5.41, 5.74) is 3.34. The maximum Gasteiger partial charge on any atom is 0.490 e. The summed E-state index contributed by atoms with van der Waals surface area (Å²) in [6.07, 6.45) is 2.06. The van der Waals surface area contributed by atoms with Crippen LogP contribution in [0.4, 0.5) is 19.0 Å². The zero-order chi connectivity index (χ0) is 15.0. The van der Waals surface area contributed by atoms with Gasteiger partial charge in [-0.3, -0.25) is 5.01 Å². The van der Waals surface area contributed by atoms with Crippen molar-refractivity contribution in [2.45, 2.75) is 25.4 Å². The van der Waals surface area contributed by atoms with Crippen molar-refractivity contribution in [3.05, 3.63) is 18.6 Å². The van der Waals surface area contributed by atoms with Gasteiger partial charge in [0.2, 0.25) is 0 Å². The fraction of sp³-hybridized carbons (Fsp3) is 0.545. The van der Waals surface area contributed by atoms with Crippen LogP contribution in [0.5, 0.6) is 0 Å². The zero-order valence-electron chi connectivity index (χ0n) is 10.6. The number of rotatable bonds is 1. The zero-order valence-corrected chi connectivity index (χ0v) is 10.6. The predicted octanol–water partition coefficient (Wildman–Crippen LogP) is 1.60. The van der Waals surface area contributed by atoms with Crippen LogP contribution in [0.3, 0.4) is 0 Å². The first-order chi connectivity index (χ1) is 9.41. The number of aromatic nitrogens is 2. The van der Waals surface area contributed by atoms with Crippen LogP contribution in [0.2, 0.25) is 0 Å². The number of carbonyl (C=O) groups is 1. The Bertz CT molecular complexity index is 406. The summed E-state index contributed by atoms with van der Waals surface area (Å²) in [5, 5.41) is 9.23. The maximum absolute atomic E-state index is 10.6. The number of nitrogens with one attached hydrogen (secondary N) is 1. The van der Waals surface area contributed by atoms with E-state index < -0.39 is 12.1 Å². The van der Waals surface area contributed by atoms with E-state index in [1.807, 2.05) is 6.07 Å². The highest BCUT2D eigenvalue weighted by Crippen LogP contribution is 2.13. The number of anilines is 1. The Hall–Kier alpha value is -1.90. The average molecular weight is 292 g/mol. The molecule has 0 saturated carbocycles. The van der Waals surface area contributed by atoms with Gasteiger partial charge >= 0.3 is 12.1 Å². The molecular weight excluding hydrogens is 277 g/mol. The second-order valence-corrected chi connectivity index (χ2v) is 3.99. The van der Waals surface area contributed by atoms with E-state index in [4.69, 9.17) is 9.90 Å². The first-order valence-electron chi connectivity index (χ1n) is 5.98. The molecule has 1 aliphatic rings. The van der Waals surface area contributed by atoms with Crippen molar-refractivity contribution in [3.63, 3.8) is 0 Å². The number of hydrazine groups is 1. The SMILES string of the molecule is O=C(O)C(F)(F)F.c1cc(N2CCCCCN2)ncn1. The van der Waals surface area contributed by atoms with Gasteiger partial charge in [0.15, 0.2) is 0 Å². The van der Waals surface area contributed by atoms with E-state index in [1.165, 1.54) is 19.3 Å². The molecule has 2 N–H and O–H groups in total. The molecule has 0 aliphatic carbocycles. The van der Waals surface area contributed by atoms with Gasteiger partial charge in [0.25, 0.3) is 0 Å². The van der Waals surface area contributed by atoms with Gasteiger partial charge in [-0.15, -0.1) is 0 Å². The van der Waals surface area contributed by atoms with E-state index in [2.05, 4.69) is 20.4 Å². The first kappa shape index (κ1) is 16.2. The van der Waals surface area contributed by atoms with Gasteiger partial charge in [0.1, 0.15) is 12.1 Å². The Kier molecular flexibility index (Phi) is 6.16. The Labute approximate surface area is 113 Å². The maximum atomic E-state index is 10.6. The monoisotopic (exact) mass is 292 g/mol. The highest BCUT2D eigenvalue weighted by atomic mass is 19.4. The normalized spacial score (nSPS) is 15.8. The van der Waals surface area contributed by atoms with E-state index in [0.717, 1.165) is 18.9 Å². The van der Waals surface area contributed by atoms with Crippen molar-refractivity contribution >= 4 is 11.8 Å². The molecule has 1 fully saturated rings. The van der Waals surface area contributed by atoms with Crippen LogP contribution in [0.1, 0.15) is 19.3 Å². The quantitative estimate of drug-likeness (QED) is 0.818. The van der Waals surface area contributed by atoms with Crippen LogP contribution in [0.25, 0.3) is 0 Å². The van der Waals surface area contributed by atoms with Crippen molar-refractivity contribution in [3.8, 4) is 0 Å². The number of carboxylic acids is 1. The molecule has 0 bridgehead atoms. The Morgan fingerprint density at radius 2 is 2.05 bits per heavy atom. The van der Waals surface area contributed by atoms with Crippen molar-refractivity contribution < 1.29 is 23.1 Å². The molecule has 0 amide bonds. The van der Waals surface area contributed by atoms with Crippen molar-refractivity contribution in [2.75, 3.05) is 18.1 Å². The molecule has 0 unspecified atom stereocenters. The van der Waals surface area contributed by atoms with Gasteiger partial charge < -0.3 is 5.11 Å². The summed E-state index contributed by atoms with van der Waals surface area (Å²) < 4.78 is 31.7. The van der Waals surface area contributed by atoms with Crippen LogP contribution in [0, 0.1) is 0 Å². The first-order valence-corrected chi connectivity index (χ1v) is 5.98. The lowest BCUT2D eigenvalue weighted by Crippen LogP contribution is -2.38. The highest BCUT2D eigenvalue weighted by molar-refractivity contribution is 5.73. The minimum absolute atomic E-state index is 0.969. The summed E-state index contributed by atoms with van der Waals surface area (Å²) in [6, 6.07) is 1.93. The molecular formula is C11H15F3N4O2. The van der Waals surface area contributed by atoms with Crippen LogP contribution in [-0.2, 0) is 4.79 Å². The molecule has 1 aliphatic heterocycles. The molecule has 1 saturated heterocycles. The lowest BCUT2D eigenvalue weighted by atomic mass is 10.2. The minimum atomic E-state index is -5.08. The number of alkyl halides is 3. The number of nitrogens with zero attached hydrogens (tertiary/aromatic N) is 3. The van der Waals surface area contributed by atoms with Crippen LogP contribution >= 0.6 is 0 Å². The summed E-state index contributed by atoms with van der Waals surface area (Å²) >= 11 is 0. The van der Waals surface area contributed by atoms with E-state index in [0.29, 0.717) is 0 Å². The van der Waals surface area contributed by atoms with E-state index in [9.17, 15) is 13.2 Å². The lowest BCUT2D eigenvalue weighted by Gasteiger charge is -2.21. The molecule has 0 atom stereocenters. The molecule has 2 heterocycles. The standard InChI is InChI=1S/C9H14N4.C2HF3O2/c1-2-5-12-13(7-3-1)9-4-6-10-8-11-9;3-2(4,5)1(6)7/h4,6,8,12H,1-3,5,7H2;(H,6,7). The number of halogens is 3. The molecule has 6 nitrogen and oxygen atoms in total. The summed E-state index contributed by atoms with van der Waals surface area (Å²) in [4.78, 5) is 17.0. The molecule has 20 heavy (non-hydrogen) atoms. The number of hydrogen-bond acceptors (Lipinski definition) is 5. The third-order valence-corrected chi connectivity index (χ3v) is 2.45. The minimum Gasteiger partial charge on any atom is -0.475 e. The number of aliphatic carboxylic acids is 1. The smallest absolute Gasteiger partial charge is 0.475 e. The highest BCUT2D eigenvalue weighted by Gasteiger charge is 2.38. The predicted molar refractivity (Wildman–Crippen MR) is 64.9 cm³/mol. The van der Waals surface area contributed by atoms with Gasteiger partial charge in [-0.1, -0.05) is 6.42 Å². The topological polar surface area (TPSA) is 78.4 Å². The average Bonchev–Trinajstić information content (AvgIpc) is 2.68. The third-order valence-electron chi connectivity index (χ3n) is 2.45. The summed E-state index contributed by atoms with van der Waals surface area (Å²) in [5.74, 6) is -1.79. The Balaban J connectivity index is 0.000000246. The Morgan fingerprint density at radius 3 is 2.60 bits per heavy atom. The van der Waals surface area contributed by atoms with Gasteiger partial charge in [0, 0.05) is 25.4 Å². The number of hydrogen-bond donors (Lipinski definition) is 2. The van der Waals surface area contributed by atoms with Crippen molar-refractivity contribution in [1.29, 1.82) is 0 Å². The second-order valence-electron chi connectivity index (χ2n) is 3.99. The van der Waals surface area contributed by atoms with E-state index >= 15 is 0 Å². The fourth-order valence-electron chi connectivity index (χ4n) is 1.50. The van der Waals surface area contributed by atoms with E-state index in [-0.39, 0.29) is 0 Å². The Morgan fingerprint density at radius 1 is 1.35 bits per heavy atom. The van der Waals surface area contributed by atoms with Crippen LogP contribution in [0.15, 0.2) is 18.6 Å². The lowest BCUT2D eigenvalue weighted by molar-refractivity contribution is -0.192. The largest absolute Gasteiger partial charge is 0.490 e. The van der Waals surface area contributed by atoms with Gasteiger partial charge in [-0.2, -0.15) is 13.2 Å². The molecule has 0 radical (unpaired) electrons. The van der Waals surface area contributed by atoms with Gasteiger partial charge in [-0.25, -0.2) is 20.2 Å². The van der Waals surface area contributed by atoms with Gasteiger partial charge in [0.05, 0.1) is 0 Å².